The minimum Gasteiger partial charge on any atom is -0.476 e. The van der Waals surface area contributed by atoms with Crippen molar-refractivity contribution in [3.8, 4) is 0 Å². The molecule has 2 nitrogen and oxygen atoms in total. The van der Waals surface area contributed by atoms with Gasteiger partial charge in [0, 0.05) is 12.5 Å². The average molecular weight is 165 g/mol. The van der Waals surface area contributed by atoms with Crippen LogP contribution in [-0.2, 0) is 11.3 Å². The molecule has 0 spiro atoms. The van der Waals surface area contributed by atoms with E-state index < -0.39 is 0 Å². The van der Waals surface area contributed by atoms with Crippen LogP contribution in [0.25, 0.3) is 0 Å². The van der Waals surface area contributed by atoms with Gasteiger partial charge >= 0.3 is 0 Å². The normalized spacial score (nSPS) is 14.7. The maximum absolute atomic E-state index is 12.7. The van der Waals surface area contributed by atoms with Crippen LogP contribution in [0.5, 0.6) is 0 Å². The third-order valence-corrected chi connectivity index (χ3v) is 1.76. The molecular formula is C9H8FNO. The van der Waals surface area contributed by atoms with Crippen LogP contribution in [0.15, 0.2) is 23.2 Å². The van der Waals surface area contributed by atoms with Crippen molar-refractivity contribution in [1.82, 2.24) is 0 Å². The smallest absolute Gasteiger partial charge is 0.185 e. The van der Waals surface area contributed by atoms with E-state index >= 15 is 0 Å². The van der Waals surface area contributed by atoms with Crippen molar-refractivity contribution in [3.63, 3.8) is 0 Å². The first kappa shape index (κ1) is 7.28. The van der Waals surface area contributed by atoms with E-state index in [0.29, 0.717) is 12.5 Å². The summed E-state index contributed by atoms with van der Waals surface area (Å²) in [4.78, 5) is 4.11. The lowest BCUT2D eigenvalue weighted by Gasteiger charge is -2.13. The summed E-state index contributed by atoms with van der Waals surface area (Å²) in [6.45, 7) is 2.20. The Bertz CT molecular complexity index is 346. The molecule has 3 heteroatoms. The molecule has 12 heavy (non-hydrogen) atoms. The standard InChI is InChI=1S/C9H8FNO/c1-6-11-9-3-2-8(10)4-7(9)5-12-6/h2-4H,5H2,1H3. The molecule has 1 aliphatic rings. The summed E-state index contributed by atoms with van der Waals surface area (Å²) in [5, 5.41) is 0. The minimum atomic E-state index is -0.243. The monoisotopic (exact) mass is 165 g/mol. The fraction of sp³-hybridized carbons (Fsp3) is 0.222. The summed E-state index contributed by atoms with van der Waals surface area (Å²) in [6, 6.07) is 4.52. The van der Waals surface area contributed by atoms with E-state index in [2.05, 4.69) is 4.99 Å². The predicted octanol–water partition coefficient (Wildman–Crippen LogP) is 2.41. The van der Waals surface area contributed by atoms with Gasteiger partial charge in [0.05, 0.1) is 5.69 Å². The van der Waals surface area contributed by atoms with Crippen molar-refractivity contribution in [3.05, 3.63) is 29.6 Å². The zero-order chi connectivity index (χ0) is 8.55. The SMILES string of the molecule is CC1=Nc2ccc(F)cc2CO1. The van der Waals surface area contributed by atoms with Crippen LogP contribution < -0.4 is 0 Å². The molecule has 0 aliphatic carbocycles. The Kier molecular flexibility index (Phi) is 1.57. The fourth-order valence-electron chi connectivity index (χ4n) is 1.16. The summed E-state index contributed by atoms with van der Waals surface area (Å²) in [7, 11) is 0. The summed E-state index contributed by atoms with van der Waals surface area (Å²) in [6.07, 6.45) is 0. The highest BCUT2D eigenvalue weighted by atomic mass is 19.1. The second kappa shape index (κ2) is 2.59. The predicted molar refractivity (Wildman–Crippen MR) is 44.0 cm³/mol. The molecule has 0 aromatic heterocycles. The van der Waals surface area contributed by atoms with Gasteiger partial charge in [-0.2, -0.15) is 0 Å². The Morgan fingerprint density at radius 3 is 3.17 bits per heavy atom. The number of ether oxygens (including phenoxy) is 1. The average Bonchev–Trinajstić information content (AvgIpc) is 2.05. The molecule has 0 bridgehead atoms. The van der Waals surface area contributed by atoms with E-state index in [9.17, 15) is 4.39 Å². The third-order valence-electron chi connectivity index (χ3n) is 1.76. The van der Waals surface area contributed by atoms with E-state index in [1.165, 1.54) is 12.1 Å². The van der Waals surface area contributed by atoms with Gasteiger partial charge in [0.2, 0.25) is 0 Å². The number of hydrogen-bond acceptors (Lipinski definition) is 2. The number of rotatable bonds is 0. The quantitative estimate of drug-likeness (QED) is 0.578. The van der Waals surface area contributed by atoms with Gasteiger partial charge < -0.3 is 4.74 Å². The first-order valence-corrected chi connectivity index (χ1v) is 3.72. The van der Waals surface area contributed by atoms with E-state index in [1.807, 2.05) is 0 Å². The maximum atomic E-state index is 12.7. The Balaban J connectivity index is 2.51. The lowest BCUT2D eigenvalue weighted by atomic mass is 10.2. The van der Waals surface area contributed by atoms with Gasteiger partial charge in [-0.1, -0.05) is 0 Å². The summed E-state index contributed by atoms with van der Waals surface area (Å²) >= 11 is 0. The van der Waals surface area contributed by atoms with Crippen molar-refractivity contribution >= 4 is 11.6 Å². The van der Waals surface area contributed by atoms with Crippen LogP contribution in [0.4, 0.5) is 10.1 Å². The highest BCUT2D eigenvalue weighted by molar-refractivity contribution is 5.78. The van der Waals surface area contributed by atoms with Crippen LogP contribution >= 0.6 is 0 Å². The van der Waals surface area contributed by atoms with Gasteiger partial charge in [0.1, 0.15) is 12.4 Å². The zero-order valence-corrected chi connectivity index (χ0v) is 6.67. The Morgan fingerprint density at radius 2 is 2.33 bits per heavy atom. The van der Waals surface area contributed by atoms with Crippen LogP contribution in [0.1, 0.15) is 12.5 Å². The second-order valence-corrected chi connectivity index (χ2v) is 2.69. The Labute approximate surface area is 69.7 Å². The highest BCUT2D eigenvalue weighted by Gasteiger charge is 2.09. The number of benzene rings is 1. The van der Waals surface area contributed by atoms with Crippen molar-refractivity contribution in [2.75, 3.05) is 0 Å². The number of fused-ring (bicyclic) bond motifs is 1. The van der Waals surface area contributed by atoms with Crippen LogP contribution in [0, 0.1) is 5.82 Å². The van der Waals surface area contributed by atoms with Crippen molar-refractivity contribution in [1.29, 1.82) is 0 Å². The molecule has 1 heterocycles. The van der Waals surface area contributed by atoms with Crippen LogP contribution in [-0.4, -0.2) is 5.90 Å². The van der Waals surface area contributed by atoms with Gasteiger partial charge in [-0.3, -0.25) is 0 Å². The van der Waals surface area contributed by atoms with Crippen molar-refractivity contribution in [2.24, 2.45) is 4.99 Å². The fourth-order valence-corrected chi connectivity index (χ4v) is 1.16. The van der Waals surface area contributed by atoms with E-state index in [1.54, 1.807) is 13.0 Å². The first-order chi connectivity index (χ1) is 5.75. The molecule has 0 saturated heterocycles. The summed E-state index contributed by atoms with van der Waals surface area (Å²) < 4.78 is 17.8. The second-order valence-electron chi connectivity index (χ2n) is 2.69. The summed E-state index contributed by atoms with van der Waals surface area (Å²) in [5.74, 6) is 0.390. The Hall–Kier alpha value is -1.38. The molecule has 1 aromatic carbocycles. The Morgan fingerprint density at radius 1 is 1.50 bits per heavy atom. The van der Waals surface area contributed by atoms with Crippen molar-refractivity contribution < 1.29 is 9.13 Å². The molecular weight excluding hydrogens is 157 g/mol. The third kappa shape index (κ3) is 1.18. The number of aliphatic imine (C=N–C) groups is 1. The molecule has 0 amide bonds. The van der Waals surface area contributed by atoms with Gasteiger partial charge in [-0.05, 0) is 18.2 Å². The molecule has 0 atom stereocenters. The lowest BCUT2D eigenvalue weighted by Crippen LogP contribution is -2.05. The van der Waals surface area contributed by atoms with Crippen LogP contribution in [0.3, 0.4) is 0 Å². The highest BCUT2D eigenvalue weighted by Crippen LogP contribution is 2.24. The number of halogens is 1. The molecule has 0 radical (unpaired) electrons. The molecule has 0 saturated carbocycles. The number of nitrogens with zero attached hydrogens (tertiary/aromatic N) is 1. The van der Waals surface area contributed by atoms with Gasteiger partial charge in [0.25, 0.3) is 0 Å². The largest absolute Gasteiger partial charge is 0.476 e. The lowest BCUT2D eigenvalue weighted by molar-refractivity contribution is 0.284. The molecule has 0 N–H and O–H groups in total. The molecule has 0 fully saturated rings. The molecule has 2 rings (SSSR count). The van der Waals surface area contributed by atoms with Gasteiger partial charge in [0.15, 0.2) is 5.90 Å². The molecule has 1 aliphatic heterocycles. The first-order valence-electron chi connectivity index (χ1n) is 3.72. The topological polar surface area (TPSA) is 21.6 Å². The van der Waals surface area contributed by atoms with E-state index in [0.717, 1.165) is 11.3 Å². The van der Waals surface area contributed by atoms with Gasteiger partial charge in [-0.15, -0.1) is 0 Å². The maximum Gasteiger partial charge on any atom is 0.185 e. The minimum absolute atomic E-state index is 0.243. The van der Waals surface area contributed by atoms with E-state index in [-0.39, 0.29) is 5.82 Å². The summed E-state index contributed by atoms with van der Waals surface area (Å²) in [5.41, 5.74) is 1.61. The zero-order valence-electron chi connectivity index (χ0n) is 6.67. The molecule has 0 unspecified atom stereocenters. The molecule has 1 aromatic rings. The van der Waals surface area contributed by atoms with Gasteiger partial charge in [-0.25, -0.2) is 9.38 Å². The molecule has 62 valence electrons. The number of hydrogen-bond donors (Lipinski definition) is 0. The van der Waals surface area contributed by atoms with Crippen LogP contribution in [0.2, 0.25) is 0 Å². The van der Waals surface area contributed by atoms with E-state index in [4.69, 9.17) is 4.74 Å². The van der Waals surface area contributed by atoms with Crippen molar-refractivity contribution in [2.45, 2.75) is 13.5 Å².